The lowest BCUT2D eigenvalue weighted by Crippen LogP contribution is -2.45. The second kappa shape index (κ2) is 3.25. The monoisotopic (exact) mass is 228 g/mol. The Morgan fingerprint density at radius 1 is 1.29 bits per heavy atom. The lowest BCUT2D eigenvalue weighted by atomic mass is 9.77. The summed E-state index contributed by atoms with van der Waals surface area (Å²) >= 11 is 11.8. The zero-order chi connectivity index (χ0) is 10.3. The maximum Gasteiger partial charge on any atom is 0.183 e. The number of rotatable bonds is 1. The number of carbonyl (C=O) groups is 1. The highest BCUT2D eigenvalue weighted by atomic mass is 35.5. The summed E-state index contributed by atoms with van der Waals surface area (Å²) in [7, 11) is 0. The van der Waals surface area contributed by atoms with Crippen LogP contribution in [-0.2, 0) is 4.79 Å². The van der Waals surface area contributed by atoms with Gasteiger partial charge in [-0.15, -0.1) is 0 Å². The van der Waals surface area contributed by atoms with Crippen molar-refractivity contribution in [1.29, 1.82) is 0 Å². The first kappa shape index (κ1) is 10.0. The second-order valence-electron chi connectivity index (χ2n) is 3.71. The topological polar surface area (TPSA) is 17.1 Å². The third-order valence-electron chi connectivity index (χ3n) is 2.68. The van der Waals surface area contributed by atoms with Crippen molar-refractivity contribution in [2.75, 3.05) is 0 Å². The van der Waals surface area contributed by atoms with E-state index in [2.05, 4.69) is 0 Å². The standard InChI is InChI=1S/C11H10Cl2O/c1-7-2-4-8(5-3-7)9-6-10(14)11(9,12)13/h2-5,9H,6H2,1H3. The molecule has 0 heterocycles. The van der Waals surface area contributed by atoms with Crippen LogP contribution in [0.4, 0.5) is 0 Å². The van der Waals surface area contributed by atoms with E-state index in [4.69, 9.17) is 23.2 Å². The van der Waals surface area contributed by atoms with Crippen molar-refractivity contribution in [3.8, 4) is 0 Å². The largest absolute Gasteiger partial charge is 0.296 e. The average Bonchev–Trinajstić information content (AvgIpc) is 2.16. The van der Waals surface area contributed by atoms with Crippen LogP contribution in [0.5, 0.6) is 0 Å². The van der Waals surface area contributed by atoms with E-state index in [0.717, 1.165) is 5.56 Å². The Kier molecular flexibility index (Phi) is 2.32. The van der Waals surface area contributed by atoms with E-state index in [9.17, 15) is 4.79 Å². The highest BCUT2D eigenvalue weighted by Crippen LogP contribution is 2.50. The van der Waals surface area contributed by atoms with Crippen molar-refractivity contribution in [2.24, 2.45) is 0 Å². The summed E-state index contributed by atoms with van der Waals surface area (Å²) in [5.41, 5.74) is 2.23. The molecule has 0 radical (unpaired) electrons. The molecule has 1 saturated carbocycles. The predicted octanol–water partition coefficient (Wildman–Crippen LogP) is 3.23. The van der Waals surface area contributed by atoms with Gasteiger partial charge in [0, 0.05) is 12.3 Å². The normalized spacial score (nSPS) is 24.5. The van der Waals surface area contributed by atoms with Crippen molar-refractivity contribution < 1.29 is 4.79 Å². The highest BCUT2D eigenvalue weighted by Gasteiger charge is 2.52. The summed E-state index contributed by atoms with van der Waals surface area (Å²) in [5.74, 6) is -0.120. The van der Waals surface area contributed by atoms with E-state index in [0.29, 0.717) is 6.42 Å². The lowest BCUT2D eigenvalue weighted by Gasteiger charge is -2.38. The van der Waals surface area contributed by atoms with E-state index >= 15 is 0 Å². The molecule has 0 saturated heterocycles. The zero-order valence-corrected chi connectivity index (χ0v) is 9.27. The second-order valence-corrected chi connectivity index (χ2v) is 5.10. The van der Waals surface area contributed by atoms with Gasteiger partial charge in [0.1, 0.15) is 0 Å². The van der Waals surface area contributed by atoms with Crippen LogP contribution in [0.2, 0.25) is 0 Å². The minimum Gasteiger partial charge on any atom is -0.296 e. The number of hydrogen-bond acceptors (Lipinski definition) is 1. The fraction of sp³-hybridized carbons (Fsp3) is 0.364. The molecule has 0 N–H and O–H groups in total. The van der Waals surface area contributed by atoms with Crippen molar-refractivity contribution in [1.82, 2.24) is 0 Å². The summed E-state index contributed by atoms with van der Waals surface area (Å²) in [5, 5.41) is 0. The number of halogens is 2. The van der Waals surface area contributed by atoms with E-state index in [1.807, 2.05) is 31.2 Å². The number of Topliss-reactive ketones (excluding diaryl/α,β-unsaturated/α-hetero) is 1. The molecule has 0 bridgehead atoms. The van der Waals surface area contributed by atoms with E-state index in [1.165, 1.54) is 5.56 Å². The van der Waals surface area contributed by atoms with Crippen LogP contribution in [0.15, 0.2) is 24.3 Å². The Labute approximate surface area is 93.0 Å². The number of hydrogen-bond donors (Lipinski definition) is 0. The lowest BCUT2D eigenvalue weighted by molar-refractivity contribution is -0.125. The highest BCUT2D eigenvalue weighted by molar-refractivity contribution is 6.61. The quantitative estimate of drug-likeness (QED) is 0.675. The van der Waals surface area contributed by atoms with Crippen molar-refractivity contribution in [3.63, 3.8) is 0 Å². The Hall–Kier alpha value is -0.530. The van der Waals surface area contributed by atoms with Gasteiger partial charge in [0.2, 0.25) is 0 Å². The molecule has 3 heteroatoms. The van der Waals surface area contributed by atoms with Gasteiger partial charge in [-0.3, -0.25) is 4.79 Å². The van der Waals surface area contributed by atoms with E-state index in [-0.39, 0.29) is 11.7 Å². The molecule has 1 aromatic rings. The van der Waals surface area contributed by atoms with Gasteiger partial charge in [0.15, 0.2) is 10.1 Å². The molecule has 14 heavy (non-hydrogen) atoms. The van der Waals surface area contributed by atoms with Crippen molar-refractivity contribution in [2.45, 2.75) is 23.6 Å². The molecule has 1 aliphatic carbocycles. The minimum atomic E-state index is -1.20. The molecule has 2 rings (SSSR count). The van der Waals surface area contributed by atoms with Gasteiger partial charge in [-0.1, -0.05) is 53.0 Å². The van der Waals surface area contributed by atoms with Crippen LogP contribution in [0.3, 0.4) is 0 Å². The molecule has 0 amide bonds. The summed E-state index contributed by atoms with van der Waals surface area (Å²) < 4.78 is -1.20. The van der Waals surface area contributed by atoms with Gasteiger partial charge < -0.3 is 0 Å². The van der Waals surface area contributed by atoms with E-state index in [1.54, 1.807) is 0 Å². The van der Waals surface area contributed by atoms with Crippen LogP contribution >= 0.6 is 23.2 Å². The minimum absolute atomic E-state index is 0.0427. The first-order valence-electron chi connectivity index (χ1n) is 4.49. The molecule has 0 spiro atoms. The number of benzene rings is 1. The van der Waals surface area contributed by atoms with Gasteiger partial charge in [-0.05, 0) is 12.5 Å². The molecule has 1 fully saturated rings. The Morgan fingerprint density at radius 3 is 2.29 bits per heavy atom. The molecule has 74 valence electrons. The van der Waals surface area contributed by atoms with Gasteiger partial charge in [0.05, 0.1) is 0 Å². The third-order valence-corrected chi connectivity index (χ3v) is 3.63. The smallest absolute Gasteiger partial charge is 0.183 e. The molecular weight excluding hydrogens is 219 g/mol. The molecule has 0 aliphatic heterocycles. The molecule has 1 unspecified atom stereocenters. The number of aryl methyl sites for hydroxylation is 1. The molecule has 0 aromatic heterocycles. The van der Waals surface area contributed by atoms with Gasteiger partial charge in [-0.2, -0.15) is 0 Å². The summed E-state index contributed by atoms with van der Waals surface area (Å²) in [6.07, 6.45) is 0.454. The van der Waals surface area contributed by atoms with Crippen LogP contribution < -0.4 is 0 Å². The molecule has 1 aliphatic rings. The Balaban J connectivity index is 2.26. The third kappa shape index (κ3) is 1.45. The Bertz CT molecular complexity index is 367. The maximum absolute atomic E-state index is 11.1. The zero-order valence-electron chi connectivity index (χ0n) is 7.76. The number of carbonyl (C=O) groups excluding carboxylic acids is 1. The molecule has 1 aromatic carbocycles. The van der Waals surface area contributed by atoms with Crippen LogP contribution in [0.1, 0.15) is 23.5 Å². The van der Waals surface area contributed by atoms with Gasteiger partial charge in [0.25, 0.3) is 0 Å². The summed E-state index contributed by atoms with van der Waals surface area (Å²) in [6.45, 7) is 2.02. The van der Waals surface area contributed by atoms with Crippen molar-refractivity contribution >= 4 is 29.0 Å². The van der Waals surface area contributed by atoms with Crippen LogP contribution in [0, 0.1) is 6.92 Å². The average molecular weight is 229 g/mol. The number of ketones is 1. The van der Waals surface area contributed by atoms with Crippen LogP contribution in [-0.4, -0.2) is 10.1 Å². The molecule has 1 nitrogen and oxygen atoms in total. The molecular formula is C11H10Cl2O. The predicted molar refractivity (Wildman–Crippen MR) is 58.0 cm³/mol. The first-order chi connectivity index (χ1) is 6.51. The fourth-order valence-electron chi connectivity index (χ4n) is 1.64. The van der Waals surface area contributed by atoms with Gasteiger partial charge >= 0.3 is 0 Å². The van der Waals surface area contributed by atoms with Crippen molar-refractivity contribution in [3.05, 3.63) is 35.4 Å². The fourth-order valence-corrected chi connectivity index (χ4v) is 2.20. The summed E-state index contributed by atoms with van der Waals surface area (Å²) in [6, 6.07) is 7.96. The number of alkyl halides is 2. The Morgan fingerprint density at radius 2 is 1.86 bits per heavy atom. The molecule has 1 atom stereocenters. The first-order valence-corrected chi connectivity index (χ1v) is 5.25. The van der Waals surface area contributed by atoms with Crippen LogP contribution in [0.25, 0.3) is 0 Å². The summed E-state index contributed by atoms with van der Waals surface area (Å²) in [4.78, 5) is 11.1. The van der Waals surface area contributed by atoms with E-state index < -0.39 is 4.33 Å². The SMILES string of the molecule is Cc1ccc(C2CC(=O)C2(Cl)Cl)cc1. The van der Waals surface area contributed by atoms with Gasteiger partial charge in [-0.25, -0.2) is 0 Å². The maximum atomic E-state index is 11.1.